The van der Waals surface area contributed by atoms with Gasteiger partial charge in [0.15, 0.2) is 11.6 Å². The van der Waals surface area contributed by atoms with Crippen LogP contribution in [0.4, 0.5) is 14.5 Å². The van der Waals surface area contributed by atoms with E-state index in [2.05, 4.69) is 5.32 Å². The lowest BCUT2D eigenvalue weighted by molar-refractivity contribution is -0.121. The van der Waals surface area contributed by atoms with E-state index >= 15 is 0 Å². The van der Waals surface area contributed by atoms with Gasteiger partial charge in [0.2, 0.25) is 15.9 Å². The molecule has 1 atom stereocenters. The van der Waals surface area contributed by atoms with E-state index in [1.807, 2.05) is 6.92 Å². The van der Waals surface area contributed by atoms with Crippen molar-refractivity contribution in [1.29, 1.82) is 0 Å². The number of ether oxygens (including phenoxy) is 1. The first-order chi connectivity index (χ1) is 11.2. The monoisotopic (exact) mass is 364 g/mol. The molecule has 1 amide bonds. The van der Waals surface area contributed by atoms with E-state index in [1.54, 1.807) is 0 Å². The van der Waals surface area contributed by atoms with Gasteiger partial charge in [-0.25, -0.2) is 17.2 Å². The van der Waals surface area contributed by atoms with Crippen molar-refractivity contribution in [2.75, 3.05) is 30.3 Å². The van der Waals surface area contributed by atoms with Gasteiger partial charge in [0.25, 0.3) is 0 Å². The molecule has 0 aromatic heterocycles. The molecule has 0 spiro atoms. The second kappa shape index (κ2) is 8.93. The summed E-state index contributed by atoms with van der Waals surface area (Å²) < 4.78 is 56.3. The van der Waals surface area contributed by atoms with Crippen molar-refractivity contribution >= 4 is 21.6 Å². The van der Waals surface area contributed by atoms with Gasteiger partial charge in [-0.05, 0) is 32.4 Å². The normalized spacial score (nSPS) is 12.7. The minimum atomic E-state index is -3.87. The topological polar surface area (TPSA) is 75.7 Å². The number of hydrogen-bond acceptors (Lipinski definition) is 4. The van der Waals surface area contributed by atoms with Gasteiger partial charge in [-0.3, -0.25) is 9.10 Å². The minimum absolute atomic E-state index is 0.117. The van der Waals surface area contributed by atoms with Gasteiger partial charge in [-0.15, -0.1) is 0 Å². The molecule has 0 saturated carbocycles. The average Bonchev–Trinajstić information content (AvgIpc) is 2.49. The maximum atomic E-state index is 13.4. The Kier molecular flexibility index (Phi) is 7.56. The second-order valence-corrected chi connectivity index (χ2v) is 7.03. The molecule has 0 unspecified atom stereocenters. The van der Waals surface area contributed by atoms with Crippen LogP contribution in [0.2, 0.25) is 0 Å². The highest BCUT2D eigenvalue weighted by atomic mass is 32.2. The Morgan fingerprint density at radius 1 is 1.33 bits per heavy atom. The zero-order valence-electron chi connectivity index (χ0n) is 13.9. The van der Waals surface area contributed by atoms with Gasteiger partial charge in [-0.1, -0.05) is 0 Å². The molecule has 0 aliphatic rings. The fourth-order valence-electron chi connectivity index (χ4n) is 2.11. The molecule has 0 bridgehead atoms. The highest BCUT2D eigenvalue weighted by Gasteiger charge is 2.29. The summed E-state index contributed by atoms with van der Waals surface area (Å²) in [5.74, 6) is -2.83. The van der Waals surface area contributed by atoms with Crippen LogP contribution in [0.5, 0.6) is 0 Å². The van der Waals surface area contributed by atoms with Gasteiger partial charge in [0.05, 0.1) is 11.9 Å². The van der Waals surface area contributed by atoms with Crippen molar-refractivity contribution in [2.24, 2.45) is 0 Å². The first kappa shape index (κ1) is 20.3. The number of rotatable bonds is 9. The summed E-state index contributed by atoms with van der Waals surface area (Å²) in [6, 6.07) is 1.56. The Morgan fingerprint density at radius 3 is 2.54 bits per heavy atom. The fraction of sp³-hybridized carbons (Fsp3) is 0.533. The van der Waals surface area contributed by atoms with E-state index in [0.29, 0.717) is 26.2 Å². The van der Waals surface area contributed by atoms with Crippen molar-refractivity contribution in [3.63, 3.8) is 0 Å². The molecule has 0 radical (unpaired) electrons. The van der Waals surface area contributed by atoms with Gasteiger partial charge in [0.1, 0.15) is 6.04 Å². The van der Waals surface area contributed by atoms with Crippen LogP contribution >= 0.6 is 0 Å². The highest BCUT2D eigenvalue weighted by Crippen LogP contribution is 2.23. The second-order valence-electron chi connectivity index (χ2n) is 5.17. The molecule has 1 rings (SSSR count). The largest absolute Gasteiger partial charge is 0.382 e. The van der Waals surface area contributed by atoms with Crippen molar-refractivity contribution in [3.8, 4) is 0 Å². The molecule has 0 saturated heterocycles. The molecular formula is C15H22F2N2O4S. The number of anilines is 1. The summed E-state index contributed by atoms with van der Waals surface area (Å²) in [4.78, 5) is 12.2. The number of nitrogens with one attached hydrogen (secondary N) is 1. The maximum Gasteiger partial charge on any atom is 0.243 e. The first-order valence-electron chi connectivity index (χ1n) is 7.48. The zero-order valence-corrected chi connectivity index (χ0v) is 14.7. The van der Waals surface area contributed by atoms with Gasteiger partial charge in [-0.2, -0.15) is 0 Å². The van der Waals surface area contributed by atoms with Gasteiger partial charge < -0.3 is 10.1 Å². The van der Waals surface area contributed by atoms with E-state index in [-0.39, 0.29) is 5.69 Å². The molecule has 0 aliphatic carbocycles. The SMILES string of the molecule is CCOCCCNC(=O)[C@H](C)N(c1ccc(F)c(F)c1)S(C)(=O)=O. The molecule has 0 aliphatic heterocycles. The standard InChI is InChI=1S/C15H22F2N2O4S/c1-4-23-9-5-8-18-15(20)11(2)19(24(3,21)22)12-6-7-13(16)14(17)10-12/h6-7,10-11H,4-5,8-9H2,1-3H3,(H,18,20)/t11-/m0/s1. The quantitative estimate of drug-likeness (QED) is 0.676. The number of carbonyl (C=O) groups excluding carboxylic acids is 1. The van der Waals surface area contributed by atoms with E-state index in [9.17, 15) is 22.0 Å². The van der Waals surface area contributed by atoms with E-state index in [4.69, 9.17) is 4.74 Å². The summed E-state index contributed by atoms with van der Waals surface area (Å²) in [5, 5.41) is 2.60. The van der Waals surface area contributed by atoms with E-state index in [1.165, 1.54) is 6.92 Å². The summed E-state index contributed by atoms with van der Waals surface area (Å²) in [7, 11) is -3.87. The first-order valence-corrected chi connectivity index (χ1v) is 9.33. The summed E-state index contributed by atoms with van der Waals surface area (Å²) >= 11 is 0. The van der Waals surface area contributed by atoms with Crippen molar-refractivity contribution < 1.29 is 26.7 Å². The third-order valence-corrected chi connectivity index (χ3v) is 4.46. The number of sulfonamides is 1. The molecule has 1 aromatic carbocycles. The van der Waals surface area contributed by atoms with E-state index in [0.717, 1.165) is 28.8 Å². The molecule has 0 heterocycles. The summed E-state index contributed by atoms with van der Waals surface area (Å²) in [6.07, 6.45) is 1.48. The lowest BCUT2D eigenvalue weighted by Crippen LogP contribution is -2.48. The summed E-state index contributed by atoms with van der Waals surface area (Å²) in [6.45, 7) is 4.59. The molecule has 1 aromatic rings. The average molecular weight is 364 g/mol. The Labute approximate surface area is 140 Å². The molecule has 136 valence electrons. The highest BCUT2D eigenvalue weighted by molar-refractivity contribution is 7.92. The van der Waals surface area contributed by atoms with Crippen LogP contribution in [0.1, 0.15) is 20.3 Å². The number of carbonyl (C=O) groups is 1. The Bertz CT molecular complexity index is 667. The Hall–Kier alpha value is -1.74. The molecule has 9 heteroatoms. The Morgan fingerprint density at radius 2 is 2.00 bits per heavy atom. The molecular weight excluding hydrogens is 342 g/mol. The van der Waals surface area contributed by atoms with Crippen LogP contribution in [0.25, 0.3) is 0 Å². The molecule has 6 nitrogen and oxygen atoms in total. The van der Waals surface area contributed by atoms with Crippen LogP contribution in [-0.4, -0.2) is 46.4 Å². The van der Waals surface area contributed by atoms with Crippen LogP contribution in [0, 0.1) is 11.6 Å². The maximum absolute atomic E-state index is 13.4. The number of hydrogen-bond donors (Lipinski definition) is 1. The van der Waals surface area contributed by atoms with Crippen LogP contribution < -0.4 is 9.62 Å². The van der Waals surface area contributed by atoms with Crippen LogP contribution in [0.3, 0.4) is 0 Å². The molecule has 24 heavy (non-hydrogen) atoms. The predicted molar refractivity (Wildman–Crippen MR) is 87.3 cm³/mol. The smallest absolute Gasteiger partial charge is 0.243 e. The van der Waals surface area contributed by atoms with Gasteiger partial charge >= 0.3 is 0 Å². The van der Waals surface area contributed by atoms with Gasteiger partial charge in [0, 0.05) is 25.8 Å². The Balaban J connectivity index is 2.88. The third kappa shape index (κ3) is 5.72. The molecule has 0 fully saturated rings. The van der Waals surface area contributed by atoms with Crippen LogP contribution in [0.15, 0.2) is 18.2 Å². The van der Waals surface area contributed by atoms with Crippen molar-refractivity contribution in [2.45, 2.75) is 26.3 Å². The number of nitrogens with zero attached hydrogens (tertiary/aromatic N) is 1. The zero-order chi connectivity index (χ0) is 18.3. The lowest BCUT2D eigenvalue weighted by atomic mass is 10.2. The fourth-order valence-corrected chi connectivity index (χ4v) is 3.28. The number of halogens is 2. The molecule has 1 N–H and O–H groups in total. The van der Waals surface area contributed by atoms with Crippen molar-refractivity contribution in [1.82, 2.24) is 5.32 Å². The van der Waals surface area contributed by atoms with Crippen molar-refractivity contribution in [3.05, 3.63) is 29.8 Å². The number of amides is 1. The summed E-state index contributed by atoms with van der Waals surface area (Å²) in [5.41, 5.74) is -0.117. The minimum Gasteiger partial charge on any atom is -0.382 e. The third-order valence-electron chi connectivity index (χ3n) is 3.21. The van der Waals surface area contributed by atoms with E-state index < -0.39 is 33.6 Å². The lowest BCUT2D eigenvalue weighted by Gasteiger charge is -2.28. The van der Waals surface area contributed by atoms with Crippen LogP contribution in [-0.2, 0) is 19.6 Å². The predicted octanol–water partition coefficient (Wildman–Crippen LogP) is 1.66. The number of benzene rings is 1.